The Labute approximate surface area is 179 Å². The van der Waals surface area contributed by atoms with Crippen molar-refractivity contribution in [3.63, 3.8) is 0 Å². The zero-order valence-corrected chi connectivity index (χ0v) is 17.7. The number of benzene rings is 1. The van der Waals surface area contributed by atoms with Gasteiger partial charge in [-0.3, -0.25) is 9.78 Å². The molecule has 7 nitrogen and oxygen atoms in total. The molecule has 4 atom stereocenters. The third-order valence-corrected chi connectivity index (χ3v) is 5.86. The molecule has 3 rings (SSSR count). The third kappa shape index (κ3) is 4.39. The Kier molecular flexibility index (Phi) is 6.59. The topological polar surface area (TPSA) is 101 Å². The lowest BCUT2D eigenvalue weighted by atomic mass is 9.78. The second-order valence-corrected chi connectivity index (χ2v) is 8.10. The lowest BCUT2D eigenvalue weighted by Crippen LogP contribution is -2.33. The minimum atomic E-state index is -1.18. The average molecular weight is 436 g/mol. The van der Waals surface area contributed by atoms with Crippen LogP contribution in [0.4, 0.5) is 14.5 Å². The van der Waals surface area contributed by atoms with Crippen LogP contribution in [0.5, 0.6) is 5.75 Å². The van der Waals surface area contributed by atoms with Crippen molar-refractivity contribution in [1.29, 1.82) is 0 Å². The highest BCUT2D eigenvalue weighted by Gasteiger charge is 2.51. The fraction of sp³-hybridized carbons (Fsp3) is 0.455. The maximum atomic E-state index is 14.4. The Hall–Kier alpha value is -2.62. The molecule has 2 heterocycles. The van der Waals surface area contributed by atoms with Gasteiger partial charge in [0, 0.05) is 23.4 Å². The number of anilines is 1. The number of halogens is 2. The zero-order valence-electron chi connectivity index (χ0n) is 17.7. The van der Waals surface area contributed by atoms with Crippen LogP contribution in [0.25, 0.3) is 0 Å². The summed E-state index contributed by atoms with van der Waals surface area (Å²) in [6.07, 6.45) is -0.803. The maximum absolute atomic E-state index is 14.4. The van der Waals surface area contributed by atoms with Crippen molar-refractivity contribution in [2.45, 2.75) is 44.5 Å². The fourth-order valence-electron chi connectivity index (χ4n) is 3.88. The molecule has 2 aromatic rings. The molecule has 0 saturated carbocycles. The molecule has 1 fully saturated rings. The smallest absolute Gasteiger partial charge is 0.254 e. The first kappa shape index (κ1) is 23.1. The summed E-state index contributed by atoms with van der Waals surface area (Å²) in [5, 5.41) is 21.6. The summed E-state index contributed by atoms with van der Waals surface area (Å²) in [6, 6.07) is 5.38. The maximum Gasteiger partial charge on any atom is 0.254 e. The number of rotatable bonds is 6. The van der Waals surface area contributed by atoms with Gasteiger partial charge in [0.1, 0.15) is 12.2 Å². The number of carbonyl (C=O) groups excluding carboxylic acids is 1. The van der Waals surface area contributed by atoms with E-state index in [9.17, 15) is 18.7 Å². The van der Waals surface area contributed by atoms with E-state index in [-0.39, 0.29) is 17.4 Å². The van der Waals surface area contributed by atoms with Crippen LogP contribution in [0.1, 0.15) is 44.1 Å². The Morgan fingerprint density at radius 1 is 1.35 bits per heavy atom. The summed E-state index contributed by atoms with van der Waals surface area (Å²) in [4.78, 5) is 17.1. The minimum absolute atomic E-state index is 0.195. The van der Waals surface area contributed by atoms with Gasteiger partial charge in [0.15, 0.2) is 11.6 Å². The van der Waals surface area contributed by atoms with Gasteiger partial charge in [-0.2, -0.15) is 4.39 Å². The summed E-state index contributed by atoms with van der Waals surface area (Å²) in [7, 11) is 1.24. The van der Waals surface area contributed by atoms with Crippen molar-refractivity contribution in [2.24, 2.45) is 5.92 Å². The van der Waals surface area contributed by atoms with Crippen molar-refractivity contribution in [3.8, 4) is 5.75 Å². The van der Waals surface area contributed by atoms with Crippen LogP contribution in [0.2, 0.25) is 0 Å². The van der Waals surface area contributed by atoms with Crippen LogP contribution in [-0.2, 0) is 9.53 Å². The highest BCUT2D eigenvalue weighted by molar-refractivity contribution is 5.95. The van der Waals surface area contributed by atoms with E-state index >= 15 is 0 Å². The normalized spacial score (nSPS) is 23.4. The van der Waals surface area contributed by atoms with E-state index in [0.717, 1.165) is 6.07 Å². The molecular weight excluding hydrogens is 410 g/mol. The number of pyridine rings is 1. The second kappa shape index (κ2) is 8.86. The number of hydrogen-bond donors (Lipinski definition) is 3. The predicted octanol–water partition coefficient (Wildman–Crippen LogP) is 2.93. The largest absolute Gasteiger partial charge is 0.493 e. The Bertz CT molecular complexity index is 969. The fourth-order valence-corrected chi connectivity index (χ4v) is 3.88. The number of hydrogen-bond acceptors (Lipinski definition) is 6. The van der Waals surface area contributed by atoms with Gasteiger partial charge in [-0.15, -0.1) is 0 Å². The number of amides is 1. The third-order valence-electron chi connectivity index (χ3n) is 5.86. The standard InChI is InChI=1S/C22H26F2N2O5/c1-11-17(13-5-6-14(23)18(24)19(13)30-4)20(31-22(11,2)3)21(29)26-12-7-8-25-15(9-12)16(28)10-27/h5-9,11,16-17,20,27-28H,10H2,1-4H3,(H,25,26,29)/t11-,16?,17+,20-/m0/s1. The first-order valence-electron chi connectivity index (χ1n) is 9.86. The van der Waals surface area contributed by atoms with Crippen molar-refractivity contribution in [1.82, 2.24) is 4.98 Å². The number of aliphatic hydroxyl groups excluding tert-OH is 2. The molecule has 1 unspecified atom stereocenters. The van der Waals surface area contributed by atoms with Crippen molar-refractivity contribution in [2.75, 3.05) is 19.0 Å². The number of nitrogens with one attached hydrogen (secondary N) is 1. The second-order valence-electron chi connectivity index (χ2n) is 8.10. The number of methoxy groups -OCH3 is 1. The molecule has 0 spiro atoms. The molecule has 1 aromatic heterocycles. The SMILES string of the molecule is COc1c([C@@H]2[C@@H](C(=O)Nc3ccnc(C(O)CO)c3)OC(C)(C)[C@H]2C)ccc(F)c1F. The molecule has 1 aliphatic heterocycles. The lowest BCUT2D eigenvalue weighted by Gasteiger charge is -2.25. The van der Waals surface area contributed by atoms with E-state index in [1.807, 2.05) is 20.8 Å². The Morgan fingerprint density at radius 3 is 2.71 bits per heavy atom. The molecule has 0 radical (unpaired) electrons. The summed E-state index contributed by atoms with van der Waals surface area (Å²) in [5.41, 5.74) is 0.157. The molecule has 9 heteroatoms. The zero-order chi connectivity index (χ0) is 22.9. The van der Waals surface area contributed by atoms with Crippen molar-refractivity contribution < 1.29 is 33.3 Å². The minimum Gasteiger partial charge on any atom is -0.493 e. The monoisotopic (exact) mass is 436 g/mol. The quantitative estimate of drug-likeness (QED) is 0.644. The molecular formula is C22H26F2N2O5. The number of aliphatic hydroxyl groups is 2. The van der Waals surface area contributed by atoms with Gasteiger partial charge in [-0.1, -0.05) is 13.0 Å². The van der Waals surface area contributed by atoms with Gasteiger partial charge in [-0.25, -0.2) is 4.39 Å². The van der Waals surface area contributed by atoms with Gasteiger partial charge in [0.05, 0.1) is 25.0 Å². The number of nitrogens with zero attached hydrogens (tertiary/aromatic N) is 1. The van der Waals surface area contributed by atoms with Crippen LogP contribution >= 0.6 is 0 Å². The van der Waals surface area contributed by atoms with Crippen LogP contribution in [-0.4, -0.2) is 46.5 Å². The van der Waals surface area contributed by atoms with E-state index in [2.05, 4.69) is 10.3 Å². The van der Waals surface area contributed by atoms with Gasteiger partial charge < -0.3 is 25.0 Å². The highest BCUT2D eigenvalue weighted by atomic mass is 19.2. The van der Waals surface area contributed by atoms with Crippen LogP contribution in [0.15, 0.2) is 30.5 Å². The molecule has 31 heavy (non-hydrogen) atoms. The molecule has 3 N–H and O–H groups in total. The molecule has 168 valence electrons. The predicted molar refractivity (Wildman–Crippen MR) is 109 cm³/mol. The van der Waals surface area contributed by atoms with Gasteiger partial charge >= 0.3 is 0 Å². The Balaban J connectivity index is 1.96. The van der Waals surface area contributed by atoms with E-state index in [4.69, 9.17) is 14.6 Å². The summed E-state index contributed by atoms with van der Waals surface area (Å²) < 4.78 is 39.3. The van der Waals surface area contributed by atoms with Crippen molar-refractivity contribution >= 4 is 11.6 Å². The Morgan fingerprint density at radius 2 is 2.06 bits per heavy atom. The van der Waals surface area contributed by atoms with E-state index < -0.39 is 47.9 Å². The highest BCUT2D eigenvalue weighted by Crippen LogP contribution is 2.49. The molecule has 0 bridgehead atoms. The summed E-state index contributed by atoms with van der Waals surface area (Å²) in [6.45, 7) is 5.01. The number of aromatic nitrogens is 1. The van der Waals surface area contributed by atoms with Gasteiger partial charge in [0.25, 0.3) is 5.91 Å². The van der Waals surface area contributed by atoms with E-state index in [1.165, 1.54) is 31.5 Å². The first-order chi connectivity index (χ1) is 14.6. The molecule has 0 aliphatic carbocycles. The lowest BCUT2D eigenvalue weighted by molar-refractivity contribution is -0.131. The van der Waals surface area contributed by atoms with E-state index in [1.54, 1.807) is 0 Å². The average Bonchev–Trinajstić information content (AvgIpc) is 2.99. The van der Waals surface area contributed by atoms with Crippen LogP contribution in [0.3, 0.4) is 0 Å². The molecule has 1 aliphatic rings. The molecule has 1 amide bonds. The van der Waals surface area contributed by atoms with E-state index in [0.29, 0.717) is 11.3 Å². The van der Waals surface area contributed by atoms with Crippen LogP contribution < -0.4 is 10.1 Å². The van der Waals surface area contributed by atoms with Crippen molar-refractivity contribution in [3.05, 3.63) is 53.4 Å². The molecule has 1 saturated heterocycles. The summed E-state index contributed by atoms with van der Waals surface area (Å²) >= 11 is 0. The number of carbonyl (C=O) groups is 1. The van der Waals surface area contributed by atoms with Gasteiger partial charge in [-0.05, 0) is 38.0 Å². The molecule has 1 aromatic carbocycles. The first-order valence-corrected chi connectivity index (χ1v) is 9.86. The van der Waals surface area contributed by atoms with Gasteiger partial charge in [0.2, 0.25) is 5.82 Å². The number of ether oxygens (including phenoxy) is 2. The summed E-state index contributed by atoms with van der Waals surface area (Å²) in [5.74, 6) is -3.75. The van der Waals surface area contributed by atoms with Crippen LogP contribution in [0, 0.1) is 17.6 Å².